The Morgan fingerprint density at radius 1 is 1.24 bits per heavy atom. The van der Waals surface area contributed by atoms with Gasteiger partial charge in [-0.2, -0.15) is 18.2 Å². The highest BCUT2D eigenvalue weighted by Gasteiger charge is 2.33. The Bertz CT molecular complexity index is 730. The smallest absolute Gasteiger partial charge is 0.376 e. The first-order chi connectivity index (χ1) is 11.9. The zero-order valence-corrected chi connectivity index (χ0v) is 13.7. The summed E-state index contributed by atoms with van der Waals surface area (Å²) in [6.07, 6.45) is -2.32. The zero-order chi connectivity index (χ0) is 17.9. The van der Waals surface area contributed by atoms with Crippen molar-refractivity contribution in [1.29, 1.82) is 0 Å². The minimum absolute atomic E-state index is 0.0434. The monoisotopic (exact) mass is 352 g/mol. The number of para-hydroxylation sites is 1. The fraction of sp³-hybridized carbons (Fsp3) is 0.412. The predicted octanol–water partition coefficient (Wildman–Crippen LogP) is 4.14. The summed E-state index contributed by atoms with van der Waals surface area (Å²) in [7, 11) is 0. The molecular weight excluding hydrogens is 333 g/mol. The van der Waals surface area contributed by atoms with E-state index in [2.05, 4.69) is 20.6 Å². The SMILES string of the molecule is Cc1cc(Nc2ccccc2C(F)(F)F)nc(NCC2CCCO2)n1. The second kappa shape index (κ2) is 7.26. The van der Waals surface area contributed by atoms with Crippen LogP contribution in [0, 0.1) is 6.92 Å². The number of hydrogen-bond acceptors (Lipinski definition) is 5. The van der Waals surface area contributed by atoms with Crippen LogP contribution in [-0.2, 0) is 10.9 Å². The van der Waals surface area contributed by atoms with Crippen LogP contribution in [0.1, 0.15) is 24.1 Å². The average molecular weight is 352 g/mol. The Hall–Kier alpha value is -2.35. The molecule has 0 bridgehead atoms. The molecule has 5 nitrogen and oxygen atoms in total. The Balaban J connectivity index is 1.76. The quantitative estimate of drug-likeness (QED) is 0.847. The van der Waals surface area contributed by atoms with E-state index in [9.17, 15) is 13.2 Å². The van der Waals surface area contributed by atoms with Gasteiger partial charge < -0.3 is 15.4 Å². The highest BCUT2D eigenvalue weighted by molar-refractivity contribution is 5.62. The van der Waals surface area contributed by atoms with E-state index in [1.165, 1.54) is 12.1 Å². The fourth-order valence-corrected chi connectivity index (χ4v) is 2.70. The van der Waals surface area contributed by atoms with Gasteiger partial charge in [0.25, 0.3) is 0 Å². The van der Waals surface area contributed by atoms with Crippen molar-refractivity contribution >= 4 is 17.5 Å². The molecule has 1 atom stereocenters. The van der Waals surface area contributed by atoms with Gasteiger partial charge in [0.1, 0.15) is 5.82 Å². The number of nitrogens with zero attached hydrogens (tertiary/aromatic N) is 2. The number of halogens is 3. The first-order valence-corrected chi connectivity index (χ1v) is 8.06. The van der Waals surface area contributed by atoms with Crippen molar-refractivity contribution in [1.82, 2.24) is 9.97 Å². The van der Waals surface area contributed by atoms with Gasteiger partial charge in [0.15, 0.2) is 0 Å². The van der Waals surface area contributed by atoms with E-state index in [0.29, 0.717) is 24.0 Å². The van der Waals surface area contributed by atoms with E-state index in [4.69, 9.17) is 4.74 Å². The van der Waals surface area contributed by atoms with Crippen LogP contribution < -0.4 is 10.6 Å². The molecule has 0 aliphatic carbocycles. The van der Waals surface area contributed by atoms with Crippen LogP contribution in [0.15, 0.2) is 30.3 Å². The first kappa shape index (κ1) is 17.5. The number of hydrogen-bond donors (Lipinski definition) is 2. The van der Waals surface area contributed by atoms with Gasteiger partial charge in [-0.1, -0.05) is 12.1 Å². The van der Waals surface area contributed by atoms with Crippen molar-refractivity contribution in [2.45, 2.75) is 32.0 Å². The lowest BCUT2D eigenvalue weighted by Crippen LogP contribution is -2.20. The largest absolute Gasteiger partial charge is 0.418 e. The third-order valence-corrected chi connectivity index (χ3v) is 3.86. The van der Waals surface area contributed by atoms with Crippen LogP contribution in [0.25, 0.3) is 0 Å². The zero-order valence-electron chi connectivity index (χ0n) is 13.7. The number of aromatic nitrogens is 2. The van der Waals surface area contributed by atoms with E-state index in [1.807, 2.05) is 0 Å². The minimum atomic E-state index is -4.44. The molecule has 2 heterocycles. The lowest BCUT2D eigenvalue weighted by molar-refractivity contribution is -0.136. The molecule has 25 heavy (non-hydrogen) atoms. The molecule has 0 saturated carbocycles. The van der Waals surface area contributed by atoms with Crippen LogP contribution in [0.4, 0.5) is 30.6 Å². The van der Waals surface area contributed by atoms with Gasteiger partial charge in [-0.3, -0.25) is 0 Å². The number of ether oxygens (including phenoxy) is 1. The van der Waals surface area contributed by atoms with Crippen molar-refractivity contribution in [3.63, 3.8) is 0 Å². The number of nitrogens with one attached hydrogen (secondary N) is 2. The normalized spacial score (nSPS) is 17.5. The van der Waals surface area contributed by atoms with Crippen molar-refractivity contribution in [3.05, 3.63) is 41.6 Å². The van der Waals surface area contributed by atoms with Crippen LogP contribution in [0.2, 0.25) is 0 Å². The summed E-state index contributed by atoms with van der Waals surface area (Å²) in [6.45, 7) is 3.09. The Morgan fingerprint density at radius 3 is 2.76 bits per heavy atom. The molecule has 134 valence electrons. The van der Waals surface area contributed by atoms with Crippen molar-refractivity contribution in [3.8, 4) is 0 Å². The topological polar surface area (TPSA) is 59.1 Å². The molecule has 2 aromatic rings. The number of benzene rings is 1. The third kappa shape index (κ3) is 4.60. The van der Waals surface area contributed by atoms with E-state index >= 15 is 0 Å². The molecular formula is C17H19F3N4O. The second-order valence-corrected chi connectivity index (χ2v) is 5.90. The lowest BCUT2D eigenvalue weighted by atomic mass is 10.1. The van der Waals surface area contributed by atoms with Gasteiger partial charge in [0.2, 0.25) is 5.95 Å². The molecule has 1 fully saturated rings. The number of anilines is 3. The van der Waals surface area contributed by atoms with Gasteiger partial charge >= 0.3 is 6.18 Å². The Labute approximate surface area is 143 Å². The van der Waals surface area contributed by atoms with Gasteiger partial charge in [-0.25, -0.2) is 4.98 Å². The van der Waals surface area contributed by atoms with Crippen molar-refractivity contribution in [2.24, 2.45) is 0 Å². The first-order valence-electron chi connectivity index (χ1n) is 8.06. The lowest BCUT2D eigenvalue weighted by Gasteiger charge is -2.15. The van der Waals surface area contributed by atoms with E-state index in [0.717, 1.165) is 25.5 Å². The maximum absolute atomic E-state index is 13.1. The maximum atomic E-state index is 13.1. The number of alkyl halides is 3. The summed E-state index contributed by atoms with van der Waals surface area (Å²) in [5.74, 6) is 0.668. The minimum Gasteiger partial charge on any atom is -0.376 e. The molecule has 0 amide bonds. The Kier molecular flexibility index (Phi) is 5.08. The average Bonchev–Trinajstić information content (AvgIpc) is 3.05. The molecule has 3 rings (SSSR count). The molecule has 8 heteroatoms. The molecule has 0 spiro atoms. The Morgan fingerprint density at radius 2 is 2.04 bits per heavy atom. The summed E-state index contributed by atoms with van der Waals surface area (Å²) in [4.78, 5) is 8.52. The molecule has 1 unspecified atom stereocenters. The van der Waals surface area contributed by atoms with Gasteiger partial charge in [0, 0.05) is 24.9 Å². The molecule has 1 aromatic carbocycles. The molecule has 1 aliphatic rings. The standard InChI is InChI=1S/C17H19F3N4O/c1-11-9-15(23-14-7-3-2-6-13(14)17(18,19)20)24-16(22-11)21-10-12-5-4-8-25-12/h2-3,6-7,9,12H,4-5,8,10H2,1H3,(H2,21,22,23,24). The molecule has 2 N–H and O–H groups in total. The highest BCUT2D eigenvalue weighted by atomic mass is 19.4. The van der Waals surface area contributed by atoms with Crippen molar-refractivity contribution in [2.75, 3.05) is 23.8 Å². The van der Waals surface area contributed by atoms with Gasteiger partial charge in [-0.15, -0.1) is 0 Å². The number of rotatable bonds is 5. The van der Waals surface area contributed by atoms with E-state index in [1.54, 1.807) is 19.1 Å². The summed E-state index contributed by atoms with van der Waals surface area (Å²) >= 11 is 0. The summed E-state index contributed by atoms with van der Waals surface area (Å²) in [5, 5.41) is 5.83. The van der Waals surface area contributed by atoms with Crippen LogP contribution >= 0.6 is 0 Å². The second-order valence-electron chi connectivity index (χ2n) is 5.90. The molecule has 1 aliphatic heterocycles. The van der Waals surface area contributed by atoms with Crippen LogP contribution in [0.3, 0.4) is 0 Å². The third-order valence-electron chi connectivity index (χ3n) is 3.86. The summed E-state index contributed by atoms with van der Waals surface area (Å²) in [6, 6.07) is 6.91. The maximum Gasteiger partial charge on any atom is 0.418 e. The van der Waals surface area contributed by atoms with Crippen LogP contribution in [-0.4, -0.2) is 29.2 Å². The van der Waals surface area contributed by atoms with Gasteiger partial charge in [0.05, 0.1) is 17.4 Å². The summed E-state index contributed by atoms with van der Waals surface area (Å²) < 4.78 is 44.8. The molecule has 1 aromatic heterocycles. The molecule has 1 saturated heterocycles. The van der Waals surface area contributed by atoms with Gasteiger partial charge in [-0.05, 0) is 31.9 Å². The van der Waals surface area contributed by atoms with Crippen LogP contribution in [0.5, 0.6) is 0 Å². The van der Waals surface area contributed by atoms with E-state index in [-0.39, 0.29) is 11.8 Å². The van der Waals surface area contributed by atoms with Crippen molar-refractivity contribution < 1.29 is 17.9 Å². The predicted molar refractivity (Wildman–Crippen MR) is 89.0 cm³/mol. The molecule has 0 radical (unpaired) electrons. The van der Waals surface area contributed by atoms with E-state index < -0.39 is 11.7 Å². The summed E-state index contributed by atoms with van der Waals surface area (Å²) in [5.41, 5.74) is -0.130. The number of aryl methyl sites for hydroxylation is 1. The highest BCUT2D eigenvalue weighted by Crippen LogP contribution is 2.35. The fourth-order valence-electron chi connectivity index (χ4n) is 2.70.